The average molecular weight is 281 g/mol. The van der Waals surface area contributed by atoms with Gasteiger partial charge in [0.15, 0.2) is 6.10 Å². The van der Waals surface area contributed by atoms with Crippen molar-refractivity contribution in [3.63, 3.8) is 0 Å². The molecule has 19 heavy (non-hydrogen) atoms. The van der Waals surface area contributed by atoms with Crippen molar-refractivity contribution >= 4 is 15.7 Å². The zero-order valence-electron chi connectivity index (χ0n) is 10.3. The van der Waals surface area contributed by atoms with E-state index in [2.05, 4.69) is 0 Å². The maximum atomic E-state index is 12.2. The fourth-order valence-corrected chi connectivity index (χ4v) is 3.44. The fourth-order valence-electron chi connectivity index (χ4n) is 1.94. The summed E-state index contributed by atoms with van der Waals surface area (Å²) < 4.78 is 30.9. The summed E-state index contributed by atoms with van der Waals surface area (Å²) in [5, 5.41) is 8.79. The molecule has 6 nitrogen and oxygen atoms in total. The summed E-state index contributed by atoms with van der Waals surface area (Å²) in [6.45, 7) is 0.609. The van der Waals surface area contributed by atoms with Gasteiger partial charge in [0.05, 0.1) is 25.0 Å². The second-order valence-corrected chi connectivity index (χ2v) is 6.32. The van der Waals surface area contributed by atoms with Crippen LogP contribution >= 0.6 is 0 Å². The second kappa shape index (κ2) is 5.57. The minimum absolute atomic E-state index is 0.0845. The van der Waals surface area contributed by atoms with Gasteiger partial charge in [-0.3, -0.25) is 0 Å². The largest absolute Gasteiger partial charge is 0.399 e. The number of nitrogen functional groups attached to an aromatic ring is 1. The van der Waals surface area contributed by atoms with E-state index in [9.17, 15) is 8.42 Å². The highest BCUT2D eigenvalue weighted by molar-refractivity contribution is 7.88. The molecule has 2 rings (SSSR count). The minimum Gasteiger partial charge on any atom is -0.399 e. The molecule has 0 aliphatic carbocycles. The summed E-state index contributed by atoms with van der Waals surface area (Å²) >= 11 is 0. The highest BCUT2D eigenvalue weighted by Gasteiger charge is 2.29. The van der Waals surface area contributed by atoms with Crippen LogP contribution in [0.4, 0.5) is 5.69 Å². The standard InChI is InChI=1S/C12H15N3O3S/c13-7-12-8-15(4-5-18-12)19(16,17)9-10-2-1-3-11(14)6-10/h1-3,6,12H,4-5,8-9,14H2. The third-order valence-electron chi connectivity index (χ3n) is 2.87. The van der Waals surface area contributed by atoms with E-state index in [1.54, 1.807) is 24.3 Å². The van der Waals surface area contributed by atoms with Crippen LogP contribution in [0.2, 0.25) is 0 Å². The average Bonchev–Trinajstić information content (AvgIpc) is 2.38. The van der Waals surface area contributed by atoms with Crippen molar-refractivity contribution in [1.82, 2.24) is 4.31 Å². The number of rotatable bonds is 3. The van der Waals surface area contributed by atoms with E-state index >= 15 is 0 Å². The van der Waals surface area contributed by atoms with E-state index < -0.39 is 16.1 Å². The molecule has 1 fully saturated rings. The van der Waals surface area contributed by atoms with E-state index in [1.165, 1.54) is 4.31 Å². The Balaban J connectivity index is 2.12. The lowest BCUT2D eigenvalue weighted by atomic mass is 10.2. The molecular weight excluding hydrogens is 266 g/mol. The van der Waals surface area contributed by atoms with Gasteiger partial charge < -0.3 is 10.5 Å². The second-order valence-electron chi connectivity index (χ2n) is 4.35. The molecule has 7 heteroatoms. The van der Waals surface area contributed by atoms with E-state index in [4.69, 9.17) is 15.7 Å². The van der Waals surface area contributed by atoms with E-state index in [1.807, 2.05) is 6.07 Å². The number of nitrogens with zero attached hydrogens (tertiary/aromatic N) is 2. The van der Waals surface area contributed by atoms with Crippen molar-refractivity contribution in [2.45, 2.75) is 11.9 Å². The number of anilines is 1. The van der Waals surface area contributed by atoms with E-state index in [-0.39, 0.29) is 25.4 Å². The highest BCUT2D eigenvalue weighted by Crippen LogP contribution is 2.16. The van der Waals surface area contributed by atoms with Crippen molar-refractivity contribution in [3.8, 4) is 6.07 Å². The topological polar surface area (TPSA) is 96.4 Å². The maximum absolute atomic E-state index is 12.2. The predicted molar refractivity (Wildman–Crippen MR) is 70.4 cm³/mol. The van der Waals surface area contributed by atoms with Crippen LogP contribution < -0.4 is 5.73 Å². The molecular formula is C12H15N3O3S. The molecule has 0 bridgehead atoms. The van der Waals surface area contributed by atoms with Crippen LogP contribution in [0.1, 0.15) is 5.56 Å². The van der Waals surface area contributed by atoms with Gasteiger partial charge >= 0.3 is 0 Å². The molecule has 0 amide bonds. The number of hydrogen-bond acceptors (Lipinski definition) is 5. The van der Waals surface area contributed by atoms with E-state index in [0.29, 0.717) is 11.3 Å². The van der Waals surface area contributed by atoms with Crippen molar-refractivity contribution in [2.75, 3.05) is 25.4 Å². The van der Waals surface area contributed by atoms with Gasteiger partial charge in [0.25, 0.3) is 0 Å². The zero-order chi connectivity index (χ0) is 13.9. The smallest absolute Gasteiger partial charge is 0.218 e. The minimum atomic E-state index is -3.45. The summed E-state index contributed by atoms with van der Waals surface area (Å²) in [5.74, 6) is -0.115. The molecule has 1 aliphatic heterocycles. The molecule has 0 radical (unpaired) electrons. The maximum Gasteiger partial charge on any atom is 0.218 e. The Labute approximate surface area is 112 Å². The Bertz CT molecular complexity index is 594. The quantitative estimate of drug-likeness (QED) is 0.805. The van der Waals surface area contributed by atoms with Gasteiger partial charge in [-0.2, -0.15) is 9.57 Å². The lowest BCUT2D eigenvalue weighted by molar-refractivity contribution is 0.0311. The van der Waals surface area contributed by atoms with Crippen LogP contribution in [0.3, 0.4) is 0 Å². The van der Waals surface area contributed by atoms with Crippen molar-refractivity contribution in [2.24, 2.45) is 0 Å². The number of hydrogen-bond donors (Lipinski definition) is 1. The van der Waals surface area contributed by atoms with Gasteiger partial charge in [-0.05, 0) is 17.7 Å². The fraction of sp³-hybridized carbons (Fsp3) is 0.417. The van der Waals surface area contributed by atoms with Crippen LogP contribution in [0.25, 0.3) is 0 Å². The first kappa shape index (κ1) is 13.8. The Kier molecular flexibility index (Phi) is 4.04. The number of nitrogens with two attached hydrogens (primary N) is 1. The zero-order valence-corrected chi connectivity index (χ0v) is 11.1. The molecule has 1 atom stereocenters. The van der Waals surface area contributed by atoms with Gasteiger partial charge in [0.1, 0.15) is 0 Å². The van der Waals surface area contributed by atoms with Gasteiger partial charge in [-0.1, -0.05) is 12.1 Å². The summed E-state index contributed by atoms with van der Waals surface area (Å²) in [6.07, 6.45) is -0.690. The summed E-state index contributed by atoms with van der Waals surface area (Å²) in [5.41, 5.74) is 6.80. The third-order valence-corrected chi connectivity index (χ3v) is 4.68. The Morgan fingerprint density at radius 1 is 1.53 bits per heavy atom. The number of nitriles is 1. The van der Waals surface area contributed by atoms with Crippen molar-refractivity contribution < 1.29 is 13.2 Å². The predicted octanol–water partition coefficient (Wildman–Crippen LogP) is 0.323. The number of benzene rings is 1. The van der Waals surface area contributed by atoms with Gasteiger partial charge in [-0.25, -0.2) is 8.42 Å². The van der Waals surface area contributed by atoms with Gasteiger partial charge in [0.2, 0.25) is 10.0 Å². The molecule has 0 aromatic heterocycles. The van der Waals surface area contributed by atoms with Crippen LogP contribution in [0, 0.1) is 11.3 Å². The van der Waals surface area contributed by atoms with Crippen molar-refractivity contribution in [3.05, 3.63) is 29.8 Å². The Hall–Kier alpha value is -1.62. The molecule has 1 aromatic carbocycles. The monoisotopic (exact) mass is 281 g/mol. The molecule has 1 saturated heterocycles. The number of morpholine rings is 1. The van der Waals surface area contributed by atoms with E-state index in [0.717, 1.165) is 0 Å². The molecule has 1 unspecified atom stereocenters. The third kappa shape index (κ3) is 3.44. The Morgan fingerprint density at radius 3 is 3.00 bits per heavy atom. The van der Waals surface area contributed by atoms with Crippen LogP contribution in [-0.4, -0.2) is 38.5 Å². The molecule has 2 N–H and O–H groups in total. The van der Waals surface area contributed by atoms with Gasteiger partial charge in [0, 0.05) is 12.2 Å². The molecule has 1 aromatic rings. The molecule has 1 aliphatic rings. The molecule has 0 saturated carbocycles. The van der Waals surface area contributed by atoms with Gasteiger partial charge in [-0.15, -0.1) is 0 Å². The SMILES string of the molecule is N#CC1CN(S(=O)(=O)Cc2cccc(N)c2)CCO1. The van der Waals surface area contributed by atoms with Crippen LogP contribution in [0.15, 0.2) is 24.3 Å². The normalized spacial score (nSPS) is 20.9. The summed E-state index contributed by atoms with van der Waals surface area (Å²) in [4.78, 5) is 0. The molecule has 0 spiro atoms. The number of sulfonamides is 1. The summed E-state index contributed by atoms with van der Waals surface area (Å²) in [7, 11) is -3.45. The Morgan fingerprint density at radius 2 is 2.32 bits per heavy atom. The highest BCUT2D eigenvalue weighted by atomic mass is 32.2. The first-order valence-corrected chi connectivity index (χ1v) is 7.45. The van der Waals surface area contributed by atoms with Crippen molar-refractivity contribution in [1.29, 1.82) is 5.26 Å². The van der Waals surface area contributed by atoms with Crippen LogP contribution in [0.5, 0.6) is 0 Å². The lowest BCUT2D eigenvalue weighted by Crippen LogP contribution is -2.45. The number of ether oxygens (including phenoxy) is 1. The van der Waals surface area contributed by atoms with Crippen LogP contribution in [-0.2, 0) is 20.5 Å². The molecule has 1 heterocycles. The first-order valence-electron chi connectivity index (χ1n) is 5.85. The first-order chi connectivity index (χ1) is 9.01. The molecule has 102 valence electrons. The lowest BCUT2D eigenvalue weighted by Gasteiger charge is -2.28. The summed E-state index contributed by atoms with van der Waals surface area (Å²) in [6, 6.07) is 8.71.